The largest absolute Gasteiger partial charge is 0.368 e. The quantitative estimate of drug-likeness (QED) is 0.711. The van der Waals surface area contributed by atoms with E-state index < -0.39 is 0 Å². The second kappa shape index (κ2) is 4.50. The smallest absolute Gasteiger partial charge is 0.141 e. The van der Waals surface area contributed by atoms with Gasteiger partial charge < -0.3 is 11.3 Å². The van der Waals surface area contributed by atoms with Crippen LogP contribution < -0.4 is 0 Å². The van der Waals surface area contributed by atoms with Crippen molar-refractivity contribution in [3.05, 3.63) is 17.7 Å². The molecule has 0 unspecified atom stereocenters. The van der Waals surface area contributed by atoms with Gasteiger partial charge in [-0.2, -0.15) is 5.10 Å². The van der Waals surface area contributed by atoms with E-state index >= 15 is 0 Å². The first kappa shape index (κ1) is 9.70. The fourth-order valence-electron chi connectivity index (χ4n) is 0.556. The molecule has 0 N–H and O–H groups in total. The molecule has 0 fully saturated rings. The van der Waals surface area contributed by atoms with Crippen LogP contribution in [0.2, 0.25) is 0 Å². The third-order valence-electron chi connectivity index (χ3n) is 1.01. The van der Waals surface area contributed by atoms with Crippen LogP contribution >= 0.6 is 0 Å². The Morgan fingerprint density at radius 2 is 2.20 bits per heavy atom. The summed E-state index contributed by atoms with van der Waals surface area (Å²) in [7, 11) is 0. The summed E-state index contributed by atoms with van der Waals surface area (Å²) in [5, 5.41) is 7.29. The number of hydrogen-bond acceptors (Lipinski definition) is 3. The van der Waals surface area contributed by atoms with Crippen LogP contribution in [-0.4, -0.2) is 15.2 Å². The molecule has 0 aliphatic carbocycles. The maximum absolute atomic E-state index is 4.06. The van der Waals surface area contributed by atoms with Crippen molar-refractivity contribution in [3.8, 4) is 0 Å². The average Bonchev–Trinajstić information content (AvgIpc) is 1.88. The van der Waals surface area contributed by atoms with Crippen molar-refractivity contribution in [1.82, 2.24) is 15.2 Å². The average molecular weight is 306 g/mol. The maximum Gasteiger partial charge on any atom is 0.141 e. The second-order valence-electron chi connectivity index (χ2n) is 1.77. The van der Waals surface area contributed by atoms with E-state index in [1.807, 2.05) is 13.8 Å². The van der Waals surface area contributed by atoms with Gasteiger partial charge in [-0.05, 0) is 13.3 Å². The molecule has 1 rings (SSSR count). The zero-order chi connectivity index (χ0) is 6.69. The SMILES string of the molecule is CCc1[c-]nnc(C)n1.[W]. The molecule has 0 saturated carbocycles. The van der Waals surface area contributed by atoms with Gasteiger partial charge in [0.1, 0.15) is 5.82 Å². The van der Waals surface area contributed by atoms with Gasteiger partial charge in [0.05, 0.1) is 0 Å². The normalized spacial score (nSPS) is 8.60. The topological polar surface area (TPSA) is 38.7 Å². The zero-order valence-electron chi connectivity index (χ0n) is 5.96. The molecule has 0 atom stereocenters. The van der Waals surface area contributed by atoms with Crippen molar-refractivity contribution < 1.29 is 21.1 Å². The first-order valence-electron chi connectivity index (χ1n) is 2.91. The molecular weight excluding hydrogens is 298 g/mol. The van der Waals surface area contributed by atoms with Gasteiger partial charge in [-0.3, -0.25) is 4.98 Å². The van der Waals surface area contributed by atoms with Gasteiger partial charge in [-0.15, -0.1) is 5.69 Å². The van der Waals surface area contributed by atoms with Crippen LogP contribution in [0.25, 0.3) is 0 Å². The van der Waals surface area contributed by atoms with Gasteiger partial charge in [0.2, 0.25) is 0 Å². The van der Waals surface area contributed by atoms with Crippen molar-refractivity contribution in [2.45, 2.75) is 20.3 Å². The van der Waals surface area contributed by atoms with E-state index in [9.17, 15) is 0 Å². The third-order valence-corrected chi connectivity index (χ3v) is 1.01. The van der Waals surface area contributed by atoms with Crippen molar-refractivity contribution in [3.63, 3.8) is 0 Å². The predicted molar refractivity (Wildman–Crippen MR) is 32.8 cm³/mol. The molecule has 0 spiro atoms. The van der Waals surface area contributed by atoms with Crippen LogP contribution in [-0.2, 0) is 27.5 Å². The van der Waals surface area contributed by atoms with Gasteiger partial charge >= 0.3 is 0 Å². The maximum atomic E-state index is 4.06. The summed E-state index contributed by atoms with van der Waals surface area (Å²) >= 11 is 0. The van der Waals surface area contributed by atoms with E-state index in [1.165, 1.54) is 0 Å². The molecule has 1 aromatic rings. The van der Waals surface area contributed by atoms with Crippen molar-refractivity contribution >= 4 is 0 Å². The molecule has 54 valence electrons. The number of aromatic nitrogens is 3. The summed E-state index contributed by atoms with van der Waals surface area (Å²) in [6.07, 6.45) is 3.56. The van der Waals surface area contributed by atoms with Crippen LogP contribution in [0.4, 0.5) is 0 Å². The Bertz CT molecular complexity index is 202. The van der Waals surface area contributed by atoms with Crippen LogP contribution in [0, 0.1) is 13.1 Å². The zero-order valence-corrected chi connectivity index (χ0v) is 8.89. The number of nitrogens with zero attached hydrogens (tertiary/aromatic N) is 3. The summed E-state index contributed by atoms with van der Waals surface area (Å²) in [4.78, 5) is 4.06. The molecule has 0 aliphatic rings. The minimum absolute atomic E-state index is 0. The molecule has 0 bridgehead atoms. The first-order chi connectivity index (χ1) is 4.33. The Hall–Kier alpha value is -0.302. The summed E-state index contributed by atoms with van der Waals surface area (Å²) in [5.74, 6) is 0.714. The van der Waals surface area contributed by atoms with Crippen molar-refractivity contribution in [2.24, 2.45) is 0 Å². The van der Waals surface area contributed by atoms with Crippen LogP contribution in [0.5, 0.6) is 0 Å². The molecule has 0 radical (unpaired) electrons. The molecule has 1 aromatic heterocycles. The minimum Gasteiger partial charge on any atom is -0.368 e. The van der Waals surface area contributed by atoms with Crippen LogP contribution in [0.15, 0.2) is 0 Å². The van der Waals surface area contributed by atoms with Gasteiger partial charge in [-0.1, -0.05) is 6.92 Å². The number of hydrogen-bond donors (Lipinski definition) is 0. The fourth-order valence-corrected chi connectivity index (χ4v) is 0.556. The Morgan fingerprint density at radius 3 is 2.60 bits per heavy atom. The molecule has 4 heteroatoms. The summed E-state index contributed by atoms with van der Waals surface area (Å²) in [5.41, 5.74) is 0.877. The fraction of sp³-hybridized carbons (Fsp3) is 0.500. The van der Waals surface area contributed by atoms with Gasteiger partial charge in [0, 0.05) is 21.1 Å². The van der Waals surface area contributed by atoms with Crippen LogP contribution in [0.1, 0.15) is 18.4 Å². The molecule has 0 amide bonds. The van der Waals surface area contributed by atoms with E-state index in [4.69, 9.17) is 0 Å². The van der Waals surface area contributed by atoms with E-state index in [2.05, 4.69) is 21.4 Å². The second-order valence-corrected chi connectivity index (χ2v) is 1.77. The third kappa shape index (κ3) is 2.52. The number of rotatable bonds is 1. The van der Waals surface area contributed by atoms with Gasteiger partial charge in [0.15, 0.2) is 0 Å². The molecule has 10 heavy (non-hydrogen) atoms. The van der Waals surface area contributed by atoms with Gasteiger partial charge in [0.25, 0.3) is 0 Å². The Kier molecular flexibility index (Phi) is 4.37. The molecule has 0 aromatic carbocycles. The summed E-state index contributed by atoms with van der Waals surface area (Å²) in [6, 6.07) is 0. The monoisotopic (exact) mass is 306 g/mol. The van der Waals surface area contributed by atoms with E-state index in [0.29, 0.717) is 5.82 Å². The van der Waals surface area contributed by atoms with Gasteiger partial charge in [-0.25, -0.2) is 0 Å². The molecule has 0 saturated heterocycles. The van der Waals surface area contributed by atoms with Crippen LogP contribution in [0.3, 0.4) is 0 Å². The first-order valence-corrected chi connectivity index (χ1v) is 2.91. The Labute approximate surface area is 74.5 Å². The van der Waals surface area contributed by atoms with E-state index in [0.717, 1.165) is 12.1 Å². The Balaban J connectivity index is 0.000000810. The molecule has 1 heterocycles. The predicted octanol–water partition coefficient (Wildman–Crippen LogP) is 0.540. The summed E-state index contributed by atoms with van der Waals surface area (Å²) < 4.78 is 0. The molecule has 0 aliphatic heterocycles. The molecular formula is C6H8N3W-. The van der Waals surface area contributed by atoms with Crippen molar-refractivity contribution in [2.75, 3.05) is 0 Å². The minimum atomic E-state index is 0. The van der Waals surface area contributed by atoms with E-state index in [-0.39, 0.29) is 21.1 Å². The molecule has 3 nitrogen and oxygen atoms in total. The van der Waals surface area contributed by atoms with E-state index in [1.54, 1.807) is 0 Å². The number of aryl methyl sites for hydroxylation is 2. The van der Waals surface area contributed by atoms with Crippen molar-refractivity contribution in [1.29, 1.82) is 0 Å². The Morgan fingerprint density at radius 1 is 1.50 bits per heavy atom. The standard InChI is InChI=1S/C6H8N3.W/c1-3-6-4-7-9-5(2)8-6;/h3H2,1-2H3;/q-1;. The summed E-state index contributed by atoms with van der Waals surface area (Å²) in [6.45, 7) is 3.83.